The van der Waals surface area contributed by atoms with E-state index in [-0.39, 0.29) is 11.3 Å². The summed E-state index contributed by atoms with van der Waals surface area (Å²) in [5.74, 6) is -0.211. The largest absolute Gasteiger partial charge is 0.423 e. The maximum atomic E-state index is 12.3. The Morgan fingerprint density at radius 1 is 1.08 bits per heavy atom. The van der Waals surface area contributed by atoms with Gasteiger partial charge in [0.25, 0.3) is 5.69 Å². The first-order chi connectivity index (χ1) is 12.0. The lowest BCUT2D eigenvalue weighted by atomic mass is 10.1. The normalized spacial score (nSPS) is 15.0. The number of carbonyl (C=O) groups excluding carboxylic acids is 1. The molecular weight excluding hydrogens is 322 g/mol. The van der Waals surface area contributed by atoms with Crippen LogP contribution in [0.4, 0.5) is 11.4 Å². The summed E-state index contributed by atoms with van der Waals surface area (Å²) >= 11 is 0. The van der Waals surface area contributed by atoms with Gasteiger partial charge in [-0.15, -0.1) is 0 Å². The first-order valence-corrected chi connectivity index (χ1v) is 8.04. The first kappa shape index (κ1) is 16.9. The summed E-state index contributed by atoms with van der Waals surface area (Å²) in [5, 5.41) is 11.5. The highest BCUT2D eigenvalue weighted by atomic mass is 16.6. The van der Waals surface area contributed by atoms with E-state index >= 15 is 0 Å². The molecule has 1 fully saturated rings. The van der Waals surface area contributed by atoms with Crippen molar-refractivity contribution in [2.75, 3.05) is 38.1 Å². The second kappa shape index (κ2) is 7.31. The van der Waals surface area contributed by atoms with Crippen molar-refractivity contribution in [3.8, 4) is 5.75 Å². The molecule has 0 unspecified atom stereocenters. The molecule has 0 aliphatic carbocycles. The number of piperazine rings is 1. The smallest absolute Gasteiger partial charge is 0.343 e. The van der Waals surface area contributed by atoms with Crippen molar-refractivity contribution in [3.63, 3.8) is 0 Å². The number of para-hydroxylation sites is 1. The van der Waals surface area contributed by atoms with Gasteiger partial charge in [-0.05, 0) is 31.3 Å². The van der Waals surface area contributed by atoms with Gasteiger partial charge in [0.2, 0.25) is 0 Å². The zero-order valence-corrected chi connectivity index (χ0v) is 13.9. The zero-order valence-electron chi connectivity index (χ0n) is 13.9. The molecule has 0 N–H and O–H groups in total. The third-order valence-electron chi connectivity index (χ3n) is 4.21. The van der Waals surface area contributed by atoms with E-state index in [1.54, 1.807) is 36.4 Å². The molecule has 1 saturated heterocycles. The Morgan fingerprint density at radius 3 is 2.40 bits per heavy atom. The van der Waals surface area contributed by atoms with Crippen LogP contribution in [0.3, 0.4) is 0 Å². The van der Waals surface area contributed by atoms with Crippen LogP contribution in [-0.4, -0.2) is 49.0 Å². The van der Waals surface area contributed by atoms with Gasteiger partial charge >= 0.3 is 5.97 Å². The fourth-order valence-electron chi connectivity index (χ4n) is 2.77. The molecule has 0 atom stereocenters. The predicted octanol–water partition coefficient (Wildman–Crippen LogP) is 2.57. The van der Waals surface area contributed by atoms with Gasteiger partial charge in [0.15, 0.2) is 0 Å². The van der Waals surface area contributed by atoms with Crippen LogP contribution in [0.2, 0.25) is 0 Å². The van der Waals surface area contributed by atoms with Crippen molar-refractivity contribution in [3.05, 3.63) is 64.2 Å². The van der Waals surface area contributed by atoms with Crippen molar-refractivity contribution in [2.45, 2.75) is 0 Å². The van der Waals surface area contributed by atoms with Gasteiger partial charge in [-0.1, -0.05) is 18.2 Å². The Balaban J connectivity index is 1.83. The van der Waals surface area contributed by atoms with Crippen LogP contribution in [0.15, 0.2) is 48.5 Å². The molecule has 3 rings (SSSR count). The van der Waals surface area contributed by atoms with E-state index < -0.39 is 10.9 Å². The number of nitro groups is 1. The number of rotatable bonds is 4. The number of nitrogens with zero attached hydrogens (tertiary/aromatic N) is 3. The van der Waals surface area contributed by atoms with E-state index in [9.17, 15) is 14.9 Å². The molecule has 7 heteroatoms. The molecule has 0 radical (unpaired) electrons. The van der Waals surface area contributed by atoms with Crippen LogP contribution in [-0.2, 0) is 0 Å². The highest BCUT2D eigenvalue weighted by molar-refractivity contribution is 5.93. The topological polar surface area (TPSA) is 75.9 Å². The molecule has 7 nitrogen and oxygen atoms in total. The molecule has 1 aliphatic rings. The minimum absolute atomic E-state index is 0.0768. The minimum Gasteiger partial charge on any atom is -0.423 e. The maximum Gasteiger partial charge on any atom is 0.343 e. The van der Waals surface area contributed by atoms with Crippen LogP contribution in [0.1, 0.15) is 10.4 Å². The number of esters is 1. The molecule has 2 aromatic rings. The minimum atomic E-state index is -0.612. The van der Waals surface area contributed by atoms with Crippen molar-refractivity contribution in [2.24, 2.45) is 0 Å². The van der Waals surface area contributed by atoms with Crippen LogP contribution in [0.25, 0.3) is 0 Å². The van der Waals surface area contributed by atoms with Crippen LogP contribution >= 0.6 is 0 Å². The number of likely N-dealkylation sites (N-methyl/N-ethyl adjacent to an activating group) is 1. The number of ether oxygens (including phenoxy) is 1. The van der Waals surface area contributed by atoms with Crippen molar-refractivity contribution in [1.29, 1.82) is 0 Å². The average molecular weight is 341 g/mol. The van der Waals surface area contributed by atoms with E-state index in [0.29, 0.717) is 24.5 Å². The lowest BCUT2D eigenvalue weighted by Crippen LogP contribution is -2.44. The van der Waals surface area contributed by atoms with Crippen LogP contribution in [0.5, 0.6) is 5.75 Å². The van der Waals surface area contributed by atoms with Crippen LogP contribution < -0.4 is 9.64 Å². The van der Waals surface area contributed by atoms with Gasteiger partial charge in [0, 0.05) is 32.2 Å². The molecule has 0 aromatic heterocycles. The quantitative estimate of drug-likeness (QED) is 0.368. The summed E-state index contributed by atoms with van der Waals surface area (Å²) in [6.07, 6.45) is 0. The monoisotopic (exact) mass is 341 g/mol. The Kier molecular flexibility index (Phi) is 4.95. The molecule has 25 heavy (non-hydrogen) atoms. The molecule has 0 spiro atoms. The number of anilines is 1. The lowest BCUT2D eigenvalue weighted by molar-refractivity contribution is -0.384. The number of benzene rings is 2. The summed E-state index contributed by atoms with van der Waals surface area (Å²) < 4.78 is 5.25. The predicted molar refractivity (Wildman–Crippen MR) is 94.2 cm³/mol. The zero-order chi connectivity index (χ0) is 17.8. The standard InChI is InChI=1S/C18H19N3O4/c1-19-9-11-20(12-10-19)16-8-7-14(13-17(16)21(23)24)18(22)25-15-5-3-2-4-6-15/h2-8,13H,9-12H2,1H3. The van der Waals surface area contributed by atoms with Gasteiger partial charge in [0.1, 0.15) is 11.4 Å². The molecular formula is C18H19N3O4. The molecule has 0 bridgehead atoms. The number of nitro benzene ring substituents is 1. The summed E-state index contributed by atoms with van der Waals surface area (Å²) in [6, 6.07) is 13.1. The van der Waals surface area contributed by atoms with Crippen LogP contribution in [0, 0.1) is 10.1 Å². The van der Waals surface area contributed by atoms with Crippen molar-refractivity contribution < 1.29 is 14.5 Å². The lowest BCUT2D eigenvalue weighted by Gasteiger charge is -2.33. The number of hydrogen-bond donors (Lipinski definition) is 0. The van der Waals surface area contributed by atoms with Crippen molar-refractivity contribution in [1.82, 2.24) is 4.90 Å². The first-order valence-electron chi connectivity index (χ1n) is 8.04. The second-order valence-electron chi connectivity index (χ2n) is 5.95. The highest BCUT2D eigenvalue weighted by Crippen LogP contribution is 2.30. The summed E-state index contributed by atoms with van der Waals surface area (Å²) in [4.78, 5) is 27.4. The fourth-order valence-corrected chi connectivity index (χ4v) is 2.77. The van der Waals surface area contributed by atoms with Crippen molar-refractivity contribution >= 4 is 17.3 Å². The Hall–Kier alpha value is -2.93. The van der Waals surface area contributed by atoms with Gasteiger partial charge in [-0.2, -0.15) is 0 Å². The number of hydrogen-bond acceptors (Lipinski definition) is 6. The molecule has 1 heterocycles. The highest BCUT2D eigenvalue weighted by Gasteiger charge is 2.24. The van der Waals surface area contributed by atoms with E-state index in [4.69, 9.17) is 4.74 Å². The Labute approximate surface area is 145 Å². The molecule has 1 aliphatic heterocycles. The van der Waals surface area contributed by atoms with E-state index in [2.05, 4.69) is 4.90 Å². The molecule has 0 amide bonds. The van der Waals surface area contributed by atoms with E-state index in [0.717, 1.165) is 13.1 Å². The van der Waals surface area contributed by atoms with Gasteiger partial charge in [-0.3, -0.25) is 10.1 Å². The summed E-state index contributed by atoms with van der Waals surface area (Å²) in [7, 11) is 2.02. The Morgan fingerprint density at radius 2 is 1.76 bits per heavy atom. The number of carbonyl (C=O) groups is 1. The third-order valence-corrected chi connectivity index (χ3v) is 4.21. The summed E-state index contributed by atoms with van der Waals surface area (Å²) in [6.45, 7) is 3.11. The fraction of sp³-hybridized carbons (Fsp3) is 0.278. The van der Waals surface area contributed by atoms with Gasteiger partial charge < -0.3 is 14.5 Å². The Bertz CT molecular complexity index is 771. The van der Waals surface area contributed by atoms with E-state index in [1.165, 1.54) is 6.07 Å². The third kappa shape index (κ3) is 3.95. The SMILES string of the molecule is CN1CCN(c2ccc(C(=O)Oc3ccccc3)cc2[N+](=O)[O-])CC1. The average Bonchev–Trinajstić information content (AvgIpc) is 2.62. The molecule has 130 valence electrons. The maximum absolute atomic E-state index is 12.3. The van der Waals surface area contributed by atoms with E-state index in [1.807, 2.05) is 18.0 Å². The summed E-state index contributed by atoms with van der Waals surface area (Å²) in [5.41, 5.74) is 0.620. The second-order valence-corrected chi connectivity index (χ2v) is 5.95. The molecule has 0 saturated carbocycles. The van der Waals surface area contributed by atoms with Gasteiger partial charge in [-0.25, -0.2) is 4.79 Å². The van der Waals surface area contributed by atoms with Gasteiger partial charge in [0.05, 0.1) is 10.5 Å². The molecule has 2 aromatic carbocycles.